The summed E-state index contributed by atoms with van der Waals surface area (Å²) >= 11 is 1.90. The Bertz CT molecular complexity index is 397. The predicted molar refractivity (Wildman–Crippen MR) is 94.2 cm³/mol. The largest absolute Gasteiger partial charge is 0.308 e. The predicted octanol–water partition coefficient (Wildman–Crippen LogP) is 4.17. The minimum absolute atomic E-state index is 0.333. The van der Waals surface area contributed by atoms with Gasteiger partial charge in [-0.1, -0.05) is 40.2 Å². The van der Waals surface area contributed by atoms with Crippen molar-refractivity contribution in [3.63, 3.8) is 0 Å². The van der Waals surface area contributed by atoms with Crippen LogP contribution in [0.2, 0.25) is 0 Å². The van der Waals surface area contributed by atoms with Crippen molar-refractivity contribution in [1.29, 1.82) is 0 Å². The zero-order chi connectivity index (χ0) is 15.3. The van der Waals surface area contributed by atoms with Crippen LogP contribution in [0, 0.1) is 5.92 Å². The summed E-state index contributed by atoms with van der Waals surface area (Å²) in [4.78, 5) is 4.30. The molecule has 1 N–H and O–H groups in total. The zero-order valence-electron chi connectivity index (χ0n) is 14.2. The minimum atomic E-state index is 0.333. The standard InChI is InChI=1S/C18H32N2S/c1-5-15(4)17-13-19-18(6-2,7-3)14-20(17)11-10-16-9-8-12-21-16/h8-9,12,15,17,19H,5-7,10-11,13-14H2,1-4H3. The molecule has 120 valence electrons. The van der Waals surface area contributed by atoms with Gasteiger partial charge in [0.05, 0.1) is 0 Å². The molecule has 3 heteroatoms. The van der Waals surface area contributed by atoms with E-state index in [-0.39, 0.29) is 0 Å². The minimum Gasteiger partial charge on any atom is -0.308 e. The van der Waals surface area contributed by atoms with Gasteiger partial charge in [-0.15, -0.1) is 11.3 Å². The third-order valence-electron chi connectivity index (χ3n) is 5.54. The Morgan fingerprint density at radius 1 is 1.38 bits per heavy atom. The highest BCUT2D eigenvalue weighted by Gasteiger charge is 2.37. The van der Waals surface area contributed by atoms with Crippen molar-refractivity contribution in [3.8, 4) is 0 Å². The molecule has 0 bridgehead atoms. The second kappa shape index (κ2) is 7.75. The van der Waals surface area contributed by atoms with E-state index in [0.717, 1.165) is 12.5 Å². The van der Waals surface area contributed by atoms with Crippen molar-refractivity contribution in [3.05, 3.63) is 22.4 Å². The summed E-state index contributed by atoms with van der Waals surface area (Å²) in [5, 5.41) is 6.08. The van der Waals surface area contributed by atoms with Gasteiger partial charge in [0.2, 0.25) is 0 Å². The second-order valence-corrected chi connectivity index (χ2v) is 7.65. The van der Waals surface area contributed by atoms with E-state index in [1.54, 1.807) is 0 Å². The first kappa shape index (κ1) is 17.0. The molecular weight excluding hydrogens is 276 g/mol. The lowest BCUT2D eigenvalue weighted by Gasteiger charge is -2.49. The molecule has 2 rings (SSSR count). The molecule has 2 nitrogen and oxygen atoms in total. The molecule has 1 aliphatic rings. The van der Waals surface area contributed by atoms with Crippen LogP contribution in [0.1, 0.15) is 51.8 Å². The van der Waals surface area contributed by atoms with E-state index in [9.17, 15) is 0 Å². The molecule has 0 aromatic carbocycles. The second-order valence-electron chi connectivity index (χ2n) is 6.62. The van der Waals surface area contributed by atoms with Crippen LogP contribution in [-0.4, -0.2) is 36.1 Å². The summed E-state index contributed by atoms with van der Waals surface area (Å²) in [5.41, 5.74) is 0.333. The number of thiophene rings is 1. The number of hydrogen-bond donors (Lipinski definition) is 1. The number of nitrogens with zero attached hydrogens (tertiary/aromatic N) is 1. The summed E-state index contributed by atoms with van der Waals surface area (Å²) in [5.74, 6) is 0.771. The van der Waals surface area contributed by atoms with Gasteiger partial charge < -0.3 is 5.32 Å². The SMILES string of the molecule is CCC(C)C1CNC(CC)(CC)CN1CCc1cccs1. The molecule has 1 saturated heterocycles. The number of piperazine rings is 1. The fourth-order valence-corrected chi connectivity index (χ4v) is 4.22. The van der Waals surface area contributed by atoms with Crippen LogP contribution in [0.4, 0.5) is 0 Å². The first-order valence-corrected chi connectivity index (χ1v) is 9.53. The van der Waals surface area contributed by atoms with Gasteiger partial charge in [-0.25, -0.2) is 0 Å². The molecule has 1 fully saturated rings. The Balaban J connectivity index is 2.04. The van der Waals surface area contributed by atoms with Crippen molar-refractivity contribution in [1.82, 2.24) is 10.2 Å². The van der Waals surface area contributed by atoms with E-state index in [1.807, 2.05) is 11.3 Å². The van der Waals surface area contributed by atoms with E-state index in [4.69, 9.17) is 0 Å². The average Bonchev–Trinajstić information content (AvgIpc) is 3.05. The van der Waals surface area contributed by atoms with Crippen molar-refractivity contribution >= 4 is 11.3 Å². The summed E-state index contributed by atoms with van der Waals surface area (Å²) < 4.78 is 0. The normalized spacial score (nSPS) is 24.1. The van der Waals surface area contributed by atoms with Gasteiger partial charge in [0.25, 0.3) is 0 Å². The monoisotopic (exact) mass is 308 g/mol. The Morgan fingerprint density at radius 2 is 2.14 bits per heavy atom. The number of rotatable bonds is 7. The molecule has 0 spiro atoms. The van der Waals surface area contributed by atoms with Crippen LogP contribution in [0.5, 0.6) is 0 Å². The smallest absolute Gasteiger partial charge is 0.0304 e. The summed E-state index contributed by atoms with van der Waals surface area (Å²) in [6.45, 7) is 13.0. The van der Waals surface area contributed by atoms with Crippen LogP contribution in [0.15, 0.2) is 17.5 Å². The summed E-state index contributed by atoms with van der Waals surface area (Å²) in [6, 6.07) is 5.14. The van der Waals surface area contributed by atoms with Gasteiger partial charge in [-0.05, 0) is 36.6 Å². The van der Waals surface area contributed by atoms with Gasteiger partial charge in [0.15, 0.2) is 0 Å². The van der Waals surface area contributed by atoms with E-state index in [2.05, 4.69) is 55.4 Å². The summed E-state index contributed by atoms with van der Waals surface area (Å²) in [6.07, 6.45) is 4.93. The lowest BCUT2D eigenvalue weighted by Crippen LogP contribution is -2.65. The fourth-order valence-electron chi connectivity index (χ4n) is 3.52. The van der Waals surface area contributed by atoms with Crippen LogP contribution in [0.3, 0.4) is 0 Å². The van der Waals surface area contributed by atoms with Crippen molar-refractivity contribution in [2.75, 3.05) is 19.6 Å². The molecule has 1 aromatic rings. The van der Waals surface area contributed by atoms with Crippen LogP contribution in [-0.2, 0) is 6.42 Å². The lowest BCUT2D eigenvalue weighted by atomic mass is 9.85. The molecule has 0 amide bonds. The summed E-state index contributed by atoms with van der Waals surface area (Å²) in [7, 11) is 0. The maximum absolute atomic E-state index is 3.88. The molecule has 0 aliphatic carbocycles. The number of nitrogens with one attached hydrogen (secondary N) is 1. The van der Waals surface area contributed by atoms with Crippen LogP contribution >= 0.6 is 11.3 Å². The molecule has 0 radical (unpaired) electrons. The third kappa shape index (κ3) is 4.08. The highest BCUT2D eigenvalue weighted by molar-refractivity contribution is 7.09. The molecule has 2 atom stereocenters. The quantitative estimate of drug-likeness (QED) is 0.813. The molecule has 2 heterocycles. The molecule has 2 unspecified atom stereocenters. The maximum Gasteiger partial charge on any atom is 0.0304 e. The van der Waals surface area contributed by atoms with E-state index < -0.39 is 0 Å². The third-order valence-corrected chi connectivity index (χ3v) is 6.48. The highest BCUT2D eigenvalue weighted by Crippen LogP contribution is 2.27. The Morgan fingerprint density at radius 3 is 2.71 bits per heavy atom. The van der Waals surface area contributed by atoms with Crippen molar-refractivity contribution < 1.29 is 0 Å². The molecule has 0 saturated carbocycles. The van der Waals surface area contributed by atoms with Gasteiger partial charge in [-0.3, -0.25) is 4.90 Å². The topological polar surface area (TPSA) is 15.3 Å². The van der Waals surface area contributed by atoms with Gasteiger partial charge >= 0.3 is 0 Å². The molecule has 21 heavy (non-hydrogen) atoms. The average molecular weight is 309 g/mol. The molecule has 1 aromatic heterocycles. The first-order valence-electron chi connectivity index (χ1n) is 8.65. The Kier molecular flexibility index (Phi) is 6.27. The highest BCUT2D eigenvalue weighted by atomic mass is 32.1. The Hall–Kier alpha value is -0.380. The van der Waals surface area contributed by atoms with E-state index in [0.29, 0.717) is 11.6 Å². The van der Waals surface area contributed by atoms with Gasteiger partial charge in [-0.2, -0.15) is 0 Å². The van der Waals surface area contributed by atoms with Crippen molar-refractivity contribution in [2.45, 2.75) is 65.0 Å². The van der Waals surface area contributed by atoms with Gasteiger partial charge in [0, 0.05) is 36.1 Å². The van der Waals surface area contributed by atoms with Gasteiger partial charge in [0.1, 0.15) is 0 Å². The van der Waals surface area contributed by atoms with Crippen LogP contribution < -0.4 is 5.32 Å². The lowest BCUT2D eigenvalue weighted by molar-refractivity contribution is 0.0467. The zero-order valence-corrected chi connectivity index (χ0v) is 15.0. The molecular formula is C18H32N2S. The first-order chi connectivity index (χ1) is 10.1. The van der Waals surface area contributed by atoms with E-state index >= 15 is 0 Å². The maximum atomic E-state index is 3.88. The Labute approximate surface area is 134 Å². The molecule has 1 aliphatic heterocycles. The number of hydrogen-bond acceptors (Lipinski definition) is 3. The van der Waals surface area contributed by atoms with E-state index in [1.165, 1.54) is 43.6 Å². The van der Waals surface area contributed by atoms with Crippen molar-refractivity contribution in [2.24, 2.45) is 5.92 Å². The van der Waals surface area contributed by atoms with Crippen LogP contribution in [0.25, 0.3) is 0 Å². The fraction of sp³-hybridized carbons (Fsp3) is 0.778.